The van der Waals surface area contributed by atoms with Crippen LogP contribution in [0.25, 0.3) is 0 Å². The minimum absolute atomic E-state index is 0.0377. The molecule has 0 aliphatic heterocycles. The number of hydrogen-bond donors (Lipinski definition) is 2. The maximum absolute atomic E-state index is 13.6. The van der Waals surface area contributed by atoms with Crippen LogP contribution in [0.3, 0.4) is 0 Å². The van der Waals surface area contributed by atoms with E-state index in [1.165, 1.54) is 43.4 Å². The van der Waals surface area contributed by atoms with Crippen molar-refractivity contribution in [1.29, 1.82) is 0 Å². The lowest BCUT2D eigenvalue weighted by atomic mass is 10.1. The van der Waals surface area contributed by atoms with Crippen molar-refractivity contribution >= 4 is 46.1 Å². The summed E-state index contributed by atoms with van der Waals surface area (Å²) in [5.74, 6) is -2.47. The molecular formula is C21H16ClF3IN3O4. The van der Waals surface area contributed by atoms with Crippen LogP contribution in [0.2, 0.25) is 5.02 Å². The molecule has 1 atom stereocenters. The van der Waals surface area contributed by atoms with Gasteiger partial charge < -0.3 is 15.2 Å². The molecule has 0 spiro atoms. The van der Waals surface area contributed by atoms with E-state index in [-0.39, 0.29) is 11.3 Å². The highest BCUT2D eigenvalue weighted by atomic mass is 127. The predicted molar refractivity (Wildman–Crippen MR) is 122 cm³/mol. The zero-order valence-corrected chi connectivity index (χ0v) is 20.0. The number of aromatic carboxylic acids is 1. The van der Waals surface area contributed by atoms with Crippen molar-refractivity contribution in [3.63, 3.8) is 0 Å². The van der Waals surface area contributed by atoms with Gasteiger partial charge in [-0.15, -0.1) is 0 Å². The summed E-state index contributed by atoms with van der Waals surface area (Å²) in [6.07, 6.45) is -4.91. The summed E-state index contributed by atoms with van der Waals surface area (Å²) in [7, 11) is 1.23. The lowest BCUT2D eigenvalue weighted by Crippen LogP contribution is -2.28. The molecule has 7 nitrogen and oxygen atoms in total. The molecule has 33 heavy (non-hydrogen) atoms. The minimum atomic E-state index is -4.91. The maximum atomic E-state index is 13.6. The molecule has 0 aliphatic carbocycles. The van der Waals surface area contributed by atoms with Gasteiger partial charge >= 0.3 is 12.1 Å². The van der Waals surface area contributed by atoms with Crippen molar-refractivity contribution in [2.75, 3.05) is 0 Å². The molecule has 0 fully saturated rings. The van der Waals surface area contributed by atoms with Gasteiger partial charge in [-0.1, -0.05) is 23.7 Å². The third kappa shape index (κ3) is 5.58. The monoisotopic (exact) mass is 593 g/mol. The van der Waals surface area contributed by atoms with E-state index < -0.39 is 41.2 Å². The molecule has 0 bridgehead atoms. The van der Waals surface area contributed by atoms with Gasteiger partial charge in [0.15, 0.2) is 5.69 Å². The highest BCUT2D eigenvalue weighted by molar-refractivity contribution is 14.1. The number of rotatable bonds is 6. The topological polar surface area (TPSA) is 93.5 Å². The summed E-state index contributed by atoms with van der Waals surface area (Å²) in [4.78, 5) is 23.9. The molecule has 12 heteroatoms. The van der Waals surface area contributed by atoms with Crippen LogP contribution in [0, 0.1) is 3.57 Å². The molecule has 2 aromatic carbocycles. The second kappa shape index (κ2) is 9.59. The van der Waals surface area contributed by atoms with Crippen molar-refractivity contribution in [2.45, 2.75) is 19.1 Å². The van der Waals surface area contributed by atoms with Crippen LogP contribution in [0.5, 0.6) is 11.6 Å². The van der Waals surface area contributed by atoms with Gasteiger partial charge in [0.05, 0.1) is 16.6 Å². The first-order chi connectivity index (χ1) is 15.4. The number of benzene rings is 2. The molecule has 0 saturated carbocycles. The third-order valence-electron chi connectivity index (χ3n) is 4.60. The molecular weight excluding hydrogens is 578 g/mol. The fourth-order valence-corrected chi connectivity index (χ4v) is 3.45. The Morgan fingerprint density at radius 3 is 2.39 bits per heavy atom. The van der Waals surface area contributed by atoms with Crippen LogP contribution in [0.15, 0.2) is 42.5 Å². The number of carbonyl (C=O) groups excluding carboxylic acids is 1. The summed E-state index contributed by atoms with van der Waals surface area (Å²) in [6, 6.07) is 9.39. The fourth-order valence-electron chi connectivity index (χ4n) is 2.95. The van der Waals surface area contributed by atoms with Gasteiger partial charge in [-0.05, 0) is 59.3 Å². The number of halogens is 5. The quantitative estimate of drug-likeness (QED) is 0.359. The van der Waals surface area contributed by atoms with E-state index >= 15 is 0 Å². The molecule has 0 unspecified atom stereocenters. The van der Waals surface area contributed by atoms with E-state index in [0.717, 1.165) is 4.68 Å². The number of ether oxygens (including phenoxy) is 1. The zero-order valence-electron chi connectivity index (χ0n) is 17.1. The molecule has 0 radical (unpaired) electrons. The number of amides is 1. The van der Waals surface area contributed by atoms with Crippen molar-refractivity contribution in [3.8, 4) is 11.6 Å². The Labute approximate surface area is 204 Å². The van der Waals surface area contributed by atoms with Crippen LogP contribution >= 0.6 is 34.2 Å². The molecule has 3 aromatic rings. The van der Waals surface area contributed by atoms with Gasteiger partial charge in [0.2, 0.25) is 5.88 Å². The van der Waals surface area contributed by atoms with E-state index in [1.54, 1.807) is 13.0 Å². The van der Waals surface area contributed by atoms with Gasteiger partial charge in [0, 0.05) is 16.7 Å². The summed E-state index contributed by atoms with van der Waals surface area (Å²) >= 11 is 8.05. The number of carboxylic acid groups (broad SMARTS) is 1. The summed E-state index contributed by atoms with van der Waals surface area (Å²) in [5, 5.41) is 15.3. The van der Waals surface area contributed by atoms with Crippen molar-refractivity contribution < 1.29 is 32.6 Å². The average Bonchev–Trinajstić information content (AvgIpc) is 3.07. The van der Waals surface area contributed by atoms with Crippen molar-refractivity contribution in [2.24, 2.45) is 7.05 Å². The lowest BCUT2D eigenvalue weighted by Gasteiger charge is -2.16. The number of carboxylic acids is 1. The molecule has 1 aromatic heterocycles. The van der Waals surface area contributed by atoms with Crippen LogP contribution in [0.4, 0.5) is 13.2 Å². The predicted octanol–water partition coefficient (Wildman–Crippen LogP) is 5.68. The van der Waals surface area contributed by atoms with Gasteiger partial charge in [0.25, 0.3) is 5.91 Å². The van der Waals surface area contributed by atoms with E-state index in [2.05, 4.69) is 10.4 Å². The first kappa shape index (κ1) is 24.8. The first-order valence-corrected chi connectivity index (χ1v) is 10.8. The largest absolute Gasteiger partial charge is 0.478 e. The summed E-state index contributed by atoms with van der Waals surface area (Å²) in [5.41, 5.74) is -1.65. The van der Waals surface area contributed by atoms with Gasteiger partial charge in [-0.2, -0.15) is 18.3 Å². The van der Waals surface area contributed by atoms with Crippen LogP contribution in [-0.4, -0.2) is 26.8 Å². The molecule has 1 amide bonds. The second-order valence-electron chi connectivity index (χ2n) is 6.95. The Kier molecular flexibility index (Phi) is 7.22. The number of carbonyl (C=O) groups is 2. The van der Waals surface area contributed by atoms with Gasteiger partial charge in [-0.3, -0.25) is 4.79 Å². The van der Waals surface area contributed by atoms with E-state index in [4.69, 9.17) is 21.4 Å². The average molecular weight is 594 g/mol. The fraction of sp³-hybridized carbons (Fsp3) is 0.190. The molecule has 3 rings (SSSR count). The SMILES string of the molecule is C[C@H](NC(=O)c1c(C(F)(F)F)nn(C)c1Oc1ccc(I)c(Cl)c1)c1ccc(C(=O)O)cc1. The van der Waals surface area contributed by atoms with Crippen LogP contribution in [0.1, 0.15) is 44.9 Å². The summed E-state index contributed by atoms with van der Waals surface area (Å²) in [6.45, 7) is 1.55. The molecule has 0 saturated heterocycles. The molecule has 174 valence electrons. The Bertz CT molecular complexity index is 1210. The Morgan fingerprint density at radius 1 is 1.21 bits per heavy atom. The van der Waals surface area contributed by atoms with Crippen molar-refractivity contribution in [3.05, 3.63) is 73.4 Å². The minimum Gasteiger partial charge on any atom is -0.478 e. The van der Waals surface area contributed by atoms with E-state index in [0.29, 0.717) is 14.2 Å². The first-order valence-electron chi connectivity index (χ1n) is 9.29. The van der Waals surface area contributed by atoms with Gasteiger partial charge in [-0.25, -0.2) is 9.48 Å². The number of aryl methyl sites for hydroxylation is 1. The Hall–Kier alpha value is -2.80. The number of nitrogens with one attached hydrogen (secondary N) is 1. The normalized spacial score (nSPS) is 12.3. The number of alkyl halides is 3. The Morgan fingerprint density at radius 2 is 1.85 bits per heavy atom. The number of nitrogens with zero attached hydrogens (tertiary/aromatic N) is 2. The number of hydrogen-bond acceptors (Lipinski definition) is 4. The third-order valence-corrected chi connectivity index (χ3v) is 6.17. The highest BCUT2D eigenvalue weighted by Crippen LogP contribution is 2.38. The molecule has 0 aliphatic rings. The standard InChI is InChI=1S/C21H16ClF3IN3O4/c1-10(11-3-5-12(6-4-11)20(31)32)27-18(30)16-17(21(23,24)25)28-29(2)19(16)33-13-7-8-15(26)14(22)9-13/h3-10H,1-2H3,(H,27,30)(H,31,32)/t10-/m0/s1. The highest BCUT2D eigenvalue weighted by Gasteiger charge is 2.42. The summed E-state index contributed by atoms with van der Waals surface area (Å²) < 4.78 is 48.1. The second-order valence-corrected chi connectivity index (χ2v) is 8.52. The van der Waals surface area contributed by atoms with Crippen LogP contribution < -0.4 is 10.1 Å². The van der Waals surface area contributed by atoms with Crippen molar-refractivity contribution in [1.82, 2.24) is 15.1 Å². The van der Waals surface area contributed by atoms with Gasteiger partial charge in [0.1, 0.15) is 11.3 Å². The Balaban J connectivity index is 1.96. The maximum Gasteiger partial charge on any atom is 0.436 e. The van der Waals surface area contributed by atoms with E-state index in [9.17, 15) is 22.8 Å². The lowest BCUT2D eigenvalue weighted by molar-refractivity contribution is -0.141. The number of aromatic nitrogens is 2. The molecule has 1 heterocycles. The van der Waals surface area contributed by atoms with Crippen LogP contribution in [-0.2, 0) is 13.2 Å². The smallest absolute Gasteiger partial charge is 0.436 e. The molecule has 2 N–H and O–H groups in total. The zero-order chi connectivity index (χ0) is 24.5. The van der Waals surface area contributed by atoms with E-state index in [1.807, 2.05) is 22.6 Å².